The van der Waals surface area contributed by atoms with Gasteiger partial charge in [-0.25, -0.2) is 0 Å². The molecule has 2 N–H and O–H groups in total. The molecule has 1 aliphatic carbocycles. The summed E-state index contributed by atoms with van der Waals surface area (Å²) in [6.07, 6.45) is 3.85. The summed E-state index contributed by atoms with van der Waals surface area (Å²) in [5, 5.41) is 0. The summed E-state index contributed by atoms with van der Waals surface area (Å²) in [4.78, 5) is 0. The minimum Gasteiger partial charge on any atom is -0.374 e. The quantitative estimate of drug-likeness (QED) is 0.800. The maximum atomic E-state index is 6.39. The highest BCUT2D eigenvalue weighted by atomic mass is 16.5. The van der Waals surface area contributed by atoms with Crippen LogP contribution in [0.1, 0.15) is 53.9 Å². The molecule has 0 aromatic rings. The molecule has 0 spiro atoms. The van der Waals surface area contributed by atoms with Crippen LogP contribution in [0.3, 0.4) is 0 Å². The average Bonchev–Trinajstić information content (AvgIpc) is 2.21. The van der Waals surface area contributed by atoms with Crippen molar-refractivity contribution >= 4 is 0 Å². The van der Waals surface area contributed by atoms with Crippen LogP contribution >= 0.6 is 0 Å². The first-order valence-electron chi connectivity index (χ1n) is 6.78. The van der Waals surface area contributed by atoms with E-state index in [-0.39, 0.29) is 11.6 Å². The summed E-state index contributed by atoms with van der Waals surface area (Å²) in [7, 11) is 0. The van der Waals surface area contributed by atoms with E-state index in [0.29, 0.717) is 5.92 Å². The molecule has 0 aromatic heterocycles. The number of ether oxygens (including phenoxy) is 1. The third-order valence-corrected chi connectivity index (χ3v) is 4.47. The third-order valence-electron chi connectivity index (χ3n) is 4.47. The third kappa shape index (κ3) is 3.21. The molecule has 1 rings (SSSR count). The maximum Gasteiger partial charge on any atom is 0.0779 e. The van der Waals surface area contributed by atoms with Crippen LogP contribution in [0.4, 0.5) is 0 Å². The van der Waals surface area contributed by atoms with E-state index in [1.165, 1.54) is 19.3 Å². The van der Waals surface area contributed by atoms with Crippen molar-refractivity contribution in [2.24, 2.45) is 23.5 Å². The van der Waals surface area contributed by atoms with E-state index in [1.807, 2.05) is 6.92 Å². The second-order valence-electron chi connectivity index (χ2n) is 6.09. The molecule has 0 aliphatic heterocycles. The number of nitrogens with two attached hydrogens (primary N) is 1. The van der Waals surface area contributed by atoms with Crippen LogP contribution in [0, 0.1) is 17.8 Å². The Kier molecular flexibility index (Phi) is 4.81. The Balaban J connectivity index is 2.57. The Morgan fingerprint density at radius 3 is 2.38 bits per heavy atom. The predicted molar refractivity (Wildman–Crippen MR) is 69.3 cm³/mol. The van der Waals surface area contributed by atoms with Gasteiger partial charge in [0.15, 0.2) is 0 Å². The number of rotatable bonds is 4. The van der Waals surface area contributed by atoms with Gasteiger partial charge in [-0.2, -0.15) is 0 Å². The van der Waals surface area contributed by atoms with Gasteiger partial charge in [-0.1, -0.05) is 20.3 Å². The van der Waals surface area contributed by atoms with Gasteiger partial charge < -0.3 is 10.5 Å². The minimum atomic E-state index is -0.181. The minimum absolute atomic E-state index is 0.169. The molecule has 1 saturated carbocycles. The second-order valence-corrected chi connectivity index (χ2v) is 6.09. The van der Waals surface area contributed by atoms with Crippen molar-refractivity contribution in [3.63, 3.8) is 0 Å². The smallest absolute Gasteiger partial charge is 0.0779 e. The van der Waals surface area contributed by atoms with E-state index in [2.05, 4.69) is 27.7 Å². The number of hydrogen-bond acceptors (Lipinski definition) is 2. The van der Waals surface area contributed by atoms with Gasteiger partial charge in [0, 0.05) is 12.6 Å². The molecule has 16 heavy (non-hydrogen) atoms. The molecule has 0 heterocycles. The Morgan fingerprint density at radius 2 is 1.88 bits per heavy atom. The molecule has 2 heteroatoms. The van der Waals surface area contributed by atoms with Crippen LogP contribution in [0.2, 0.25) is 0 Å². The summed E-state index contributed by atoms with van der Waals surface area (Å²) in [6, 6.07) is 0.169. The Bertz CT molecular complexity index is 215. The summed E-state index contributed by atoms with van der Waals surface area (Å²) in [5.41, 5.74) is 6.21. The van der Waals surface area contributed by atoms with Crippen molar-refractivity contribution < 1.29 is 4.74 Å². The average molecular weight is 227 g/mol. The lowest BCUT2D eigenvalue weighted by molar-refractivity contribution is -0.0504. The summed E-state index contributed by atoms with van der Waals surface area (Å²) < 4.78 is 5.78. The van der Waals surface area contributed by atoms with E-state index >= 15 is 0 Å². The van der Waals surface area contributed by atoms with E-state index in [9.17, 15) is 0 Å². The molecule has 0 saturated heterocycles. The maximum absolute atomic E-state index is 6.39. The fourth-order valence-electron chi connectivity index (χ4n) is 2.95. The first-order valence-corrected chi connectivity index (χ1v) is 6.78. The largest absolute Gasteiger partial charge is 0.374 e. The topological polar surface area (TPSA) is 35.2 Å². The van der Waals surface area contributed by atoms with Crippen molar-refractivity contribution in [3.8, 4) is 0 Å². The molecular weight excluding hydrogens is 198 g/mol. The SMILES string of the molecule is CCOC(C)(C)C(N)C1CCC(C)C(C)C1. The molecule has 1 fully saturated rings. The number of hydrogen-bond donors (Lipinski definition) is 1. The fourth-order valence-corrected chi connectivity index (χ4v) is 2.95. The van der Waals surface area contributed by atoms with Gasteiger partial charge in [0.1, 0.15) is 0 Å². The van der Waals surface area contributed by atoms with Crippen LogP contribution in [0.15, 0.2) is 0 Å². The van der Waals surface area contributed by atoms with Crippen molar-refractivity contribution in [3.05, 3.63) is 0 Å². The van der Waals surface area contributed by atoms with Crippen LogP contribution in [-0.4, -0.2) is 18.2 Å². The van der Waals surface area contributed by atoms with Gasteiger partial charge in [-0.15, -0.1) is 0 Å². The Hall–Kier alpha value is -0.0800. The second kappa shape index (κ2) is 5.50. The van der Waals surface area contributed by atoms with Crippen molar-refractivity contribution in [2.45, 2.75) is 65.5 Å². The molecule has 0 aromatic carbocycles. The lowest BCUT2D eigenvalue weighted by Crippen LogP contribution is -2.51. The standard InChI is InChI=1S/C14H29NO/c1-6-16-14(4,5)13(15)12-8-7-10(2)11(3)9-12/h10-13H,6-9,15H2,1-5H3. The Morgan fingerprint density at radius 1 is 1.25 bits per heavy atom. The van der Waals surface area contributed by atoms with E-state index in [4.69, 9.17) is 10.5 Å². The summed E-state index contributed by atoms with van der Waals surface area (Å²) in [6.45, 7) is 11.8. The van der Waals surface area contributed by atoms with Gasteiger partial charge in [0.25, 0.3) is 0 Å². The summed E-state index contributed by atoms with van der Waals surface area (Å²) in [5.74, 6) is 2.30. The normalized spacial score (nSPS) is 33.8. The van der Waals surface area contributed by atoms with Crippen molar-refractivity contribution in [2.75, 3.05) is 6.61 Å². The highest BCUT2D eigenvalue weighted by Crippen LogP contribution is 2.37. The monoisotopic (exact) mass is 227 g/mol. The molecule has 2 nitrogen and oxygen atoms in total. The van der Waals surface area contributed by atoms with Gasteiger partial charge in [-0.05, 0) is 51.4 Å². The van der Waals surface area contributed by atoms with E-state index in [1.54, 1.807) is 0 Å². The summed E-state index contributed by atoms with van der Waals surface area (Å²) >= 11 is 0. The zero-order valence-corrected chi connectivity index (χ0v) is 11.6. The van der Waals surface area contributed by atoms with Crippen molar-refractivity contribution in [1.29, 1.82) is 0 Å². The highest BCUT2D eigenvalue weighted by molar-refractivity contribution is 4.91. The van der Waals surface area contributed by atoms with Crippen LogP contribution in [0.5, 0.6) is 0 Å². The van der Waals surface area contributed by atoms with Gasteiger partial charge in [0.2, 0.25) is 0 Å². The first-order chi connectivity index (χ1) is 7.38. The molecule has 0 bridgehead atoms. The molecule has 4 atom stereocenters. The lowest BCUT2D eigenvalue weighted by Gasteiger charge is -2.41. The lowest BCUT2D eigenvalue weighted by atomic mass is 9.70. The van der Waals surface area contributed by atoms with Crippen LogP contribution < -0.4 is 5.73 Å². The molecular formula is C14H29NO. The van der Waals surface area contributed by atoms with Crippen molar-refractivity contribution in [1.82, 2.24) is 0 Å². The molecule has 1 aliphatic rings. The highest BCUT2D eigenvalue weighted by Gasteiger charge is 2.36. The van der Waals surface area contributed by atoms with Gasteiger partial charge in [-0.3, -0.25) is 0 Å². The zero-order chi connectivity index (χ0) is 12.3. The van der Waals surface area contributed by atoms with Crippen LogP contribution in [-0.2, 0) is 4.74 Å². The van der Waals surface area contributed by atoms with Gasteiger partial charge >= 0.3 is 0 Å². The van der Waals surface area contributed by atoms with Gasteiger partial charge in [0.05, 0.1) is 5.60 Å². The zero-order valence-electron chi connectivity index (χ0n) is 11.6. The predicted octanol–water partition coefficient (Wildman–Crippen LogP) is 3.20. The fraction of sp³-hybridized carbons (Fsp3) is 1.00. The molecule has 96 valence electrons. The van der Waals surface area contributed by atoms with Crippen LogP contribution in [0.25, 0.3) is 0 Å². The van der Waals surface area contributed by atoms with E-state index in [0.717, 1.165) is 18.4 Å². The molecule has 0 amide bonds. The first kappa shape index (κ1) is 14.0. The molecule has 0 radical (unpaired) electrons. The van der Waals surface area contributed by atoms with E-state index < -0.39 is 0 Å². The Labute approximate surface area is 101 Å². The molecule has 4 unspecified atom stereocenters.